The average Bonchev–Trinajstić information content (AvgIpc) is 3.02. The second-order valence-electron chi connectivity index (χ2n) is 6.38. The fraction of sp³-hybridized carbons (Fsp3) is 0.389. The fourth-order valence-electron chi connectivity index (χ4n) is 2.82. The van der Waals surface area contributed by atoms with Gasteiger partial charge in [0.25, 0.3) is 0 Å². The van der Waals surface area contributed by atoms with Crippen LogP contribution in [0.1, 0.15) is 31.5 Å². The van der Waals surface area contributed by atoms with Crippen molar-refractivity contribution in [2.24, 2.45) is 0 Å². The molecule has 0 amide bonds. The Morgan fingerprint density at radius 1 is 1.36 bits per heavy atom. The topological polar surface area (TPSA) is 88.1 Å². The molecule has 1 unspecified atom stereocenters. The largest absolute Gasteiger partial charge is 0.491 e. The van der Waals surface area contributed by atoms with E-state index in [4.69, 9.17) is 15.9 Å². The van der Waals surface area contributed by atoms with Crippen LogP contribution in [0.5, 0.6) is 5.75 Å². The lowest BCUT2D eigenvalue weighted by atomic mass is 10.0. The van der Waals surface area contributed by atoms with Crippen LogP contribution < -0.4 is 15.4 Å². The SMILES string of the molecule is CC(C)Oc1ccc(N)c(C(=N)c2cc(N3CCC(F)C3)ncn2)c1. The van der Waals surface area contributed by atoms with Gasteiger partial charge in [-0.25, -0.2) is 14.4 Å². The third kappa shape index (κ3) is 3.87. The molecule has 0 saturated carbocycles. The maximum Gasteiger partial charge on any atom is 0.132 e. The highest BCUT2D eigenvalue weighted by Gasteiger charge is 2.23. The third-order valence-electron chi connectivity index (χ3n) is 4.03. The molecule has 2 aromatic rings. The van der Waals surface area contributed by atoms with Gasteiger partial charge in [0, 0.05) is 23.9 Å². The van der Waals surface area contributed by atoms with Gasteiger partial charge in [0.05, 0.1) is 24.1 Å². The van der Waals surface area contributed by atoms with Crippen LogP contribution in [0.25, 0.3) is 0 Å². The summed E-state index contributed by atoms with van der Waals surface area (Å²) in [6, 6.07) is 6.95. The van der Waals surface area contributed by atoms with Crippen molar-refractivity contribution < 1.29 is 9.13 Å². The lowest BCUT2D eigenvalue weighted by Crippen LogP contribution is -2.22. The van der Waals surface area contributed by atoms with Crippen LogP contribution in [-0.2, 0) is 0 Å². The first-order valence-electron chi connectivity index (χ1n) is 8.30. The lowest BCUT2D eigenvalue weighted by Gasteiger charge is -2.17. The van der Waals surface area contributed by atoms with Crippen molar-refractivity contribution in [3.63, 3.8) is 0 Å². The number of nitrogens with zero attached hydrogens (tertiary/aromatic N) is 3. The van der Waals surface area contributed by atoms with Gasteiger partial charge in [-0.2, -0.15) is 0 Å². The van der Waals surface area contributed by atoms with Gasteiger partial charge >= 0.3 is 0 Å². The number of hydrogen-bond donors (Lipinski definition) is 2. The van der Waals surface area contributed by atoms with Gasteiger partial charge in [-0.3, -0.25) is 5.41 Å². The van der Waals surface area contributed by atoms with E-state index in [1.165, 1.54) is 6.33 Å². The Bertz CT molecular complexity index is 780. The van der Waals surface area contributed by atoms with Crippen LogP contribution in [0.4, 0.5) is 15.9 Å². The molecule has 0 aliphatic carbocycles. The van der Waals surface area contributed by atoms with Crippen LogP contribution in [0.15, 0.2) is 30.6 Å². The van der Waals surface area contributed by atoms with E-state index in [1.807, 2.05) is 18.7 Å². The van der Waals surface area contributed by atoms with Crippen LogP contribution in [0.3, 0.4) is 0 Å². The van der Waals surface area contributed by atoms with Crippen LogP contribution >= 0.6 is 0 Å². The number of anilines is 2. The van der Waals surface area contributed by atoms with Crippen molar-refractivity contribution in [1.82, 2.24) is 9.97 Å². The number of halogens is 1. The Labute approximate surface area is 146 Å². The summed E-state index contributed by atoms with van der Waals surface area (Å²) in [5.74, 6) is 1.28. The van der Waals surface area contributed by atoms with Crippen LogP contribution in [0, 0.1) is 5.41 Å². The molecule has 132 valence electrons. The predicted molar refractivity (Wildman–Crippen MR) is 96.3 cm³/mol. The number of aromatic nitrogens is 2. The number of alkyl halides is 1. The summed E-state index contributed by atoms with van der Waals surface area (Å²) >= 11 is 0. The van der Waals surface area contributed by atoms with Crippen LogP contribution in [-0.4, -0.2) is 41.0 Å². The number of rotatable bonds is 5. The summed E-state index contributed by atoms with van der Waals surface area (Å²) in [5.41, 5.74) is 7.70. The molecule has 0 radical (unpaired) electrons. The Morgan fingerprint density at radius 3 is 2.84 bits per heavy atom. The van der Waals surface area contributed by atoms with Crippen LogP contribution in [0.2, 0.25) is 0 Å². The first-order chi connectivity index (χ1) is 11.9. The molecule has 1 fully saturated rings. The predicted octanol–water partition coefficient (Wildman–Crippen LogP) is 2.81. The van der Waals surface area contributed by atoms with Crippen molar-refractivity contribution >= 4 is 17.2 Å². The number of ether oxygens (including phenoxy) is 1. The molecule has 0 spiro atoms. The van der Waals surface area contributed by atoms with Gasteiger partial charge < -0.3 is 15.4 Å². The monoisotopic (exact) mass is 343 g/mol. The highest BCUT2D eigenvalue weighted by atomic mass is 19.1. The summed E-state index contributed by atoms with van der Waals surface area (Å²) in [5, 5.41) is 8.48. The van der Waals surface area contributed by atoms with Gasteiger partial charge in [0.1, 0.15) is 24.1 Å². The number of nitrogens with one attached hydrogen (secondary N) is 1. The fourth-order valence-corrected chi connectivity index (χ4v) is 2.82. The maximum atomic E-state index is 13.4. The minimum Gasteiger partial charge on any atom is -0.491 e. The quantitative estimate of drug-likeness (QED) is 0.644. The molecule has 25 heavy (non-hydrogen) atoms. The number of benzene rings is 1. The second-order valence-corrected chi connectivity index (χ2v) is 6.38. The third-order valence-corrected chi connectivity index (χ3v) is 4.03. The molecule has 6 nitrogen and oxygen atoms in total. The minimum atomic E-state index is -0.835. The number of nitrogens with two attached hydrogens (primary N) is 1. The van der Waals surface area contributed by atoms with E-state index in [-0.39, 0.29) is 11.8 Å². The Morgan fingerprint density at radius 2 is 2.16 bits per heavy atom. The van der Waals surface area contributed by atoms with E-state index < -0.39 is 6.17 Å². The van der Waals surface area contributed by atoms with E-state index in [1.54, 1.807) is 24.3 Å². The van der Waals surface area contributed by atoms with E-state index in [0.717, 1.165) is 0 Å². The molecule has 3 N–H and O–H groups in total. The first kappa shape index (κ1) is 17.1. The molecule has 2 heterocycles. The van der Waals surface area contributed by atoms with Crippen molar-refractivity contribution in [3.05, 3.63) is 41.9 Å². The Balaban J connectivity index is 1.88. The molecule has 1 atom stereocenters. The molecular weight excluding hydrogens is 321 g/mol. The average molecular weight is 343 g/mol. The highest BCUT2D eigenvalue weighted by Crippen LogP contribution is 2.25. The molecule has 0 bridgehead atoms. The highest BCUT2D eigenvalue weighted by molar-refractivity contribution is 6.13. The number of nitrogen functional groups attached to an aromatic ring is 1. The molecule has 1 aromatic heterocycles. The summed E-state index contributed by atoms with van der Waals surface area (Å²) in [6.45, 7) is 4.81. The van der Waals surface area contributed by atoms with Crippen molar-refractivity contribution in [2.75, 3.05) is 23.7 Å². The van der Waals surface area contributed by atoms with Gasteiger partial charge in [-0.05, 0) is 38.5 Å². The zero-order valence-corrected chi connectivity index (χ0v) is 14.4. The minimum absolute atomic E-state index is 0.0279. The van der Waals surface area contributed by atoms with Crippen molar-refractivity contribution in [3.8, 4) is 5.75 Å². The molecule has 1 aliphatic rings. The van der Waals surface area contributed by atoms with Crippen molar-refractivity contribution in [2.45, 2.75) is 32.5 Å². The standard InChI is InChI=1S/C18H22FN5O/c1-11(2)25-13-3-4-15(20)14(7-13)18(21)16-8-17(23-10-22-16)24-6-5-12(19)9-24/h3-4,7-8,10-12,21H,5-6,9,20H2,1-2H3. The molecular formula is C18H22FN5O. The Kier molecular flexibility index (Phi) is 4.83. The van der Waals surface area contributed by atoms with Crippen molar-refractivity contribution in [1.29, 1.82) is 5.41 Å². The van der Waals surface area contributed by atoms with Gasteiger partial charge in [-0.15, -0.1) is 0 Å². The molecule has 1 aliphatic heterocycles. The maximum absolute atomic E-state index is 13.4. The van der Waals surface area contributed by atoms with Gasteiger partial charge in [0.15, 0.2) is 0 Å². The summed E-state index contributed by atoms with van der Waals surface area (Å²) in [7, 11) is 0. The van der Waals surface area contributed by atoms with E-state index >= 15 is 0 Å². The lowest BCUT2D eigenvalue weighted by molar-refractivity contribution is 0.242. The summed E-state index contributed by atoms with van der Waals surface area (Å²) < 4.78 is 19.1. The zero-order chi connectivity index (χ0) is 18.0. The summed E-state index contributed by atoms with van der Waals surface area (Å²) in [6.07, 6.45) is 1.09. The van der Waals surface area contributed by atoms with Gasteiger partial charge in [0.2, 0.25) is 0 Å². The molecule has 7 heteroatoms. The Hall–Kier alpha value is -2.70. The molecule has 1 aromatic carbocycles. The number of hydrogen-bond acceptors (Lipinski definition) is 6. The molecule has 1 saturated heterocycles. The zero-order valence-electron chi connectivity index (χ0n) is 14.4. The summed E-state index contributed by atoms with van der Waals surface area (Å²) in [4.78, 5) is 10.3. The second kappa shape index (κ2) is 7.04. The van der Waals surface area contributed by atoms with E-state index in [2.05, 4.69) is 9.97 Å². The van der Waals surface area contributed by atoms with E-state index in [9.17, 15) is 4.39 Å². The molecule has 3 rings (SSSR count). The normalized spacial score (nSPS) is 17.1. The van der Waals surface area contributed by atoms with E-state index in [0.29, 0.717) is 48.0 Å². The smallest absolute Gasteiger partial charge is 0.132 e. The first-order valence-corrected chi connectivity index (χ1v) is 8.30. The van der Waals surface area contributed by atoms with Gasteiger partial charge in [-0.1, -0.05) is 0 Å².